The lowest BCUT2D eigenvalue weighted by Crippen LogP contribution is -2.44. The first-order valence-electron chi connectivity index (χ1n) is 6.21. The molecule has 2 N–H and O–H groups in total. The molecule has 7 heteroatoms. The topological polar surface area (TPSA) is 69.6 Å². The molecule has 5 nitrogen and oxygen atoms in total. The molecule has 1 atom stereocenters. The van der Waals surface area contributed by atoms with E-state index >= 15 is 0 Å². The minimum Gasteiger partial charge on any atom is -0.481 e. The number of carboxylic acids is 1. The number of halogens is 2. The maximum Gasteiger partial charge on any atom is 0.321 e. The summed E-state index contributed by atoms with van der Waals surface area (Å²) in [7, 11) is 0. The number of benzene rings is 1. The molecule has 0 aliphatic carbocycles. The van der Waals surface area contributed by atoms with E-state index in [1.54, 1.807) is 0 Å². The Morgan fingerprint density at radius 2 is 2.20 bits per heavy atom. The number of aliphatic carboxylic acids is 1. The summed E-state index contributed by atoms with van der Waals surface area (Å²) in [5, 5.41) is 11.6. The number of nitrogens with one attached hydrogen (secondary N) is 1. The first-order chi connectivity index (χ1) is 9.47. The second-order valence-electron chi connectivity index (χ2n) is 4.68. The SMILES string of the molecule is O=C(O)C1CCCN(C(=O)Nc2ccc(F)c(Br)c2)C1. The molecule has 1 fully saturated rings. The predicted molar refractivity (Wildman–Crippen MR) is 75.1 cm³/mol. The van der Waals surface area contributed by atoms with Gasteiger partial charge in [-0.1, -0.05) is 0 Å². The predicted octanol–water partition coefficient (Wildman–Crippen LogP) is 2.92. The van der Waals surface area contributed by atoms with Crippen LogP contribution >= 0.6 is 15.9 Å². The van der Waals surface area contributed by atoms with Crippen molar-refractivity contribution in [3.8, 4) is 0 Å². The van der Waals surface area contributed by atoms with Gasteiger partial charge in [-0.3, -0.25) is 4.79 Å². The lowest BCUT2D eigenvalue weighted by Gasteiger charge is -2.30. The van der Waals surface area contributed by atoms with Gasteiger partial charge in [-0.05, 0) is 47.0 Å². The standard InChI is InChI=1S/C13H14BrFN2O3/c14-10-6-9(3-4-11(10)15)16-13(20)17-5-1-2-8(7-17)12(18)19/h3-4,6,8H,1-2,5,7H2,(H,16,20)(H,18,19). The van der Waals surface area contributed by atoms with E-state index in [9.17, 15) is 14.0 Å². The summed E-state index contributed by atoms with van der Waals surface area (Å²) in [5.41, 5.74) is 0.459. The summed E-state index contributed by atoms with van der Waals surface area (Å²) in [5.74, 6) is -1.81. The molecule has 1 aromatic rings. The Morgan fingerprint density at radius 3 is 2.85 bits per heavy atom. The van der Waals surface area contributed by atoms with Gasteiger partial charge in [-0.15, -0.1) is 0 Å². The Bertz CT molecular complexity index is 538. The summed E-state index contributed by atoms with van der Waals surface area (Å²) in [6.07, 6.45) is 1.25. The number of nitrogens with zero attached hydrogens (tertiary/aromatic N) is 1. The molecule has 0 saturated carbocycles. The molecular formula is C13H14BrFN2O3. The third-order valence-electron chi connectivity index (χ3n) is 3.23. The maximum atomic E-state index is 13.1. The first-order valence-corrected chi connectivity index (χ1v) is 7.00. The smallest absolute Gasteiger partial charge is 0.321 e. The number of anilines is 1. The van der Waals surface area contributed by atoms with Crippen molar-refractivity contribution in [3.05, 3.63) is 28.5 Å². The van der Waals surface area contributed by atoms with Gasteiger partial charge in [0, 0.05) is 18.8 Å². The molecule has 1 aliphatic heterocycles. The summed E-state index contributed by atoms with van der Waals surface area (Å²) in [4.78, 5) is 24.5. The van der Waals surface area contributed by atoms with Gasteiger partial charge in [-0.25, -0.2) is 9.18 Å². The van der Waals surface area contributed by atoms with Crippen molar-refractivity contribution in [2.24, 2.45) is 5.92 Å². The Kier molecular flexibility index (Phi) is 4.59. The van der Waals surface area contributed by atoms with Gasteiger partial charge in [0.25, 0.3) is 0 Å². The second kappa shape index (κ2) is 6.21. The quantitative estimate of drug-likeness (QED) is 0.866. The normalized spacial score (nSPS) is 18.7. The summed E-state index contributed by atoms with van der Waals surface area (Å²) in [6.45, 7) is 0.724. The number of carbonyl (C=O) groups is 2. The van der Waals surface area contributed by atoms with E-state index in [1.165, 1.54) is 23.1 Å². The van der Waals surface area contributed by atoms with E-state index in [4.69, 9.17) is 5.11 Å². The maximum absolute atomic E-state index is 13.1. The Hall–Kier alpha value is -1.63. The zero-order valence-corrected chi connectivity index (χ0v) is 12.2. The van der Waals surface area contributed by atoms with Crippen LogP contribution < -0.4 is 5.32 Å². The fourth-order valence-corrected chi connectivity index (χ4v) is 2.52. The van der Waals surface area contributed by atoms with E-state index < -0.39 is 17.7 Å². The van der Waals surface area contributed by atoms with Crippen LogP contribution in [0.1, 0.15) is 12.8 Å². The number of amides is 2. The van der Waals surface area contributed by atoms with Crippen molar-refractivity contribution in [1.82, 2.24) is 4.90 Å². The van der Waals surface area contributed by atoms with Crippen LogP contribution in [0, 0.1) is 11.7 Å². The Morgan fingerprint density at radius 1 is 1.45 bits per heavy atom. The van der Waals surface area contributed by atoms with E-state index in [0.717, 1.165) is 0 Å². The minimum atomic E-state index is -0.882. The average molecular weight is 345 g/mol. The molecule has 0 radical (unpaired) electrons. The van der Waals surface area contributed by atoms with Gasteiger partial charge in [0.15, 0.2) is 0 Å². The molecule has 1 saturated heterocycles. The van der Waals surface area contributed by atoms with Crippen molar-refractivity contribution in [2.75, 3.05) is 18.4 Å². The number of rotatable bonds is 2. The molecule has 1 unspecified atom stereocenters. The number of urea groups is 1. The molecule has 0 aromatic heterocycles. The number of hydrogen-bond donors (Lipinski definition) is 2. The van der Waals surface area contributed by atoms with Crippen LogP contribution in [0.25, 0.3) is 0 Å². The van der Waals surface area contributed by atoms with Gasteiger partial charge in [-0.2, -0.15) is 0 Å². The number of carbonyl (C=O) groups excluding carboxylic acids is 1. The zero-order chi connectivity index (χ0) is 14.7. The lowest BCUT2D eigenvalue weighted by molar-refractivity contribution is -0.143. The highest BCUT2D eigenvalue weighted by Crippen LogP contribution is 2.21. The molecule has 1 aromatic carbocycles. The molecule has 0 bridgehead atoms. The van der Waals surface area contributed by atoms with Gasteiger partial charge in [0.05, 0.1) is 10.4 Å². The van der Waals surface area contributed by atoms with Crippen molar-refractivity contribution in [1.29, 1.82) is 0 Å². The molecule has 2 rings (SSSR count). The van der Waals surface area contributed by atoms with Gasteiger partial charge >= 0.3 is 12.0 Å². The lowest BCUT2D eigenvalue weighted by atomic mass is 9.99. The molecule has 2 amide bonds. The van der Waals surface area contributed by atoms with Gasteiger partial charge in [0.2, 0.25) is 0 Å². The summed E-state index contributed by atoms with van der Waals surface area (Å²) < 4.78 is 13.4. The highest BCUT2D eigenvalue weighted by molar-refractivity contribution is 9.10. The van der Waals surface area contributed by atoms with Crippen LogP contribution in [-0.2, 0) is 4.79 Å². The van der Waals surface area contributed by atoms with Crippen molar-refractivity contribution >= 4 is 33.6 Å². The number of carboxylic acid groups (broad SMARTS) is 1. The van der Waals surface area contributed by atoms with Crippen molar-refractivity contribution in [3.63, 3.8) is 0 Å². The van der Waals surface area contributed by atoms with E-state index in [0.29, 0.717) is 25.1 Å². The molecule has 108 valence electrons. The molecular weight excluding hydrogens is 331 g/mol. The highest BCUT2D eigenvalue weighted by Gasteiger charge is 2.28. The average Bonchev–Trinajstić information content (AvgIpc) is 2.43. The van der Waals surface area contributed by atoms with Crippen LogP contribution in [-0.4, -0.2) is 35.1 Å². The van der Waals surface area contributed by atoms with Gasteiger partial charge in [0.1, 0.15) is 5.82 Å². The molecule has 1 heterocycles. The van der Waals surface area contributed by atoms with E-state index in [1.807, 2.05) is 0 Å². The van der Waals surface area contributed by atoms with E-state index in [-0.39, 0.29) is 17.0 Å². The number of hydrogen-bond acceptors (Lipinski definition) is 2. The zero-order valence-electron chi connectivity index (χ0n) is 10.6. The minimum absolute atomic E-state index is 0.198. The van der Waals surface area contributed by atoms with Crippen LogP contribution in [0.15, 0.2) is 22.7 Å². The van der Waals surface area contributed by atoms with Crippen LogP contribution in [0.3, 0.4) is 0 Å². The third-order valence-corrected chi connectivity index (χ3v) is 3.84. The molecule has 20 heavy (non-hydrogen) atoms. The number of piperidine rings is 1. The monoisotopic (exact) mass is 344 g/mol. The highest BCUT2D eigenvalue weighted by atomic mass is 79.9. The first kappa shape index (κ1) is 14.8. The van der Waals surface area contributed by atoms with Crippen molar-refractivity contribution in [2.45, 2.75) is 12.8 Å². The Balaban J connectivity index is 2.00. The largest absolute Gasteiger partial charge is 0.481 e. The van der Waals surface area contributed by atoms with E-state index in [2.05, 4.69) is 21.2 Å². The molecule has 0 spiro atoms. The van der Waals surface area contributed by atoms with Crippen LogP contribution in [0.2, 0.25) is 0 Å². The number of likely N-dealkylation sites (tertiary alicyclic amines) is 1. The summed E-state index contributed by atoms with van der Waals surface area (Å²) in [6, 6.07) is 3.80. The fraction of sp³-hybridized carbons (Fsp3) is 0.385. The molecule has 1 aliphatic rings. The van der Waals surface area contributed by atoms with Gasteiger partial charge < -0.3 is 15.3 Å². The third kappa shape index (κ3) is 3.47. The van der Waals surface area contributed by atoms with Crippen LogP contribution in [0.4, 0.5) is 14.9 Å². The Labute approximate surface area is 123 Å². The van der Waals surface area contributed by atoms with Crippen LogP contribution in [0.5, 0.6) is 0 Å². The van der Waals surface area contributed by atoms with Crippen molar-refractivity contribution < 1.29 is 19.1 Å². The summed E-state index contributed by atoms with van der Waals surface area (Å²) >= 11 is 3.04. The second-order valence-corrected chi connectivity index (χ2v) is 5.54. The fourth-order valence-electron chi connectivity index (χ4n) is 2.14.